The fraction of sp³-hybridized carbons (Fsp3) is 0.0526. The van der Waals surface area contributed by atoms with E-state index < -0.39 is 20.9 Å². The van der Waals surface area contributed by atoms with Gasteiger partial charge in [0.05, 0.1) is 22.4 Å². The molecule has 12 heteroatoms. The van der Waals surface area contributed by atoms with Gasteiger partial charge in [0.15, 0.2) is 0 Å². The minimum absolute atomic E-state index is 0.0660. The molecule has 0 aliphatic rings. The van der Waals surface area contributed by atoms with Gasteiger partial charge < -0.3 is 5.32 Å². The van der Waals surface area contributed by atoms with E-state index in [4.69, 9.17) is 0 Å². The number of nitro benzene ring substituents is 1. The number of nitro groups is 1. The van der Waals surface area contributed by atoms with Gasteiger partial charge >= 0.3 is 0 Å². The lowest BCUT2D eigenvalue weighted by Crippen LogP contribution is -2.21. The number of hydrogen-bond donors (Lipinski definition) is 3. The van der Waals surface area contributed by atoms with Gasteiger partial charge in [-0.05, 0) is 29.6 Å². The summed E-state index contributed by atoms with van der Waals surface area (Å²) in [5.74, 6) is -0.651. The number of nitrogens with zero attached hydrogens (tertiary/aromatic N) is 2. The van der Waals surface area contributed by atoms with Crippen molar-refractivity contribution >= 4 is 50.5 Å². The summed E-state index contributed by atoms with van der Waals surface area (Å²) in [4.78, 5) is 23.1. The topological polar surface area (TPSA) is 143 Å². The SMILES string of the molecule is CNc1ccc(/C=N/NC(=O)c2ccccc2NS(=O)(=O)c2cccs2)cc1[N+](=O)[O-]. The number of hydrazone groups is 1. The molecule has 0 aliphatic heterocycles. The second-order valence-electron chi connectivity index (χ2n) is 6.07. The van der Waals surface area contributed by atoms with Crippen molar-refractivity contribution in [1.29, 1.82) is 0 Å². The maximum atomic E-state index is 12.5. The largest absolute Gasteiger partial charge is 0.383 e. The minimum Gasteiger partial charge on any atom is -0.383 e. The predicted octanol–water partition coefficient (Wildman–Crippen LogP) is 3.26. The molecule has 2 aromatic carbocycles. The van der Waals surface area contributed by atoms with Gasteiger partial charge in [-0.3, -0.25) is 19.6 Å². The molecule has 3 N–H and O–H groups in total. The summed E-state index contributed by atoms with van der Waals surface area (Å²) < 4.78 is 27.4. The Labute approximate surface area is 181 Å². The Hall–Kier alpha value is -3.77. The molecule has 0 fully saturated rings. The zero-order valence-corrected chi connectivity index (χ0v) is 17.7. The van der Waals surface area contributed by atoms with E-state index >= 15 is 0 Å². The molecule has 0 unspecified atom stereocenters. The number of sulfonamides is 1. The van der Waals surface area contributed by atoms with Gasteiger partial charge in [0.1, 0.15) is 9.90 Å². The summed E-state index contributed by atoms with van der Waals surface area (Å²) in [6.45, 7) is 0. The first-order chi connectivity index (χ1) is 14.8. The van der Waals surface area contributed by atoms with E-state index in [0.717, 1.165) is 11.3 Å². The fourth-order valence-corrected chi connectivity index (χ4v) is 4.67. The number of para-hydroxylation sites is 1. The number of anilines is 2. The minimum atomic E-state index is -3.83. The number of carbonyl (C=O) groups excluding carboxylic acids is 1. The van der Waals surface area contributed by atoms with Crippen molar-refractivity contribution in [2.75, 3.05) is 17.1 Å². The zero-order chi connectivity index (χ0) is 22.4. The van der Waals surface area contributed by atoms with E-state index in [0.29, 0.717) is 11.3 Å². The van der Waals surface area contributed by atoms with E-state index in [2.05, 4.69) is 20.6 Å². The fourth-order valence-electron chi connectivity index (χ4n) is 2.60. The Kier molecular flexibility index (Phi) is 6.62. The van der Waals surface area contributed by atoms with Crippen molar-refractivity contribution in [3.05, 3.63) is 81.2 Å². The molecule has 31 heavy (non-hydrogen) atoms. The van der Waals surface area contributed by atoms with Crippen molar-refractivity contribution in [3.8, 4) is 0 Å². The molecule has 0 bridgehead atoms. The lowest BCUT2D eigenvalue weighted by atomic mass is 10.2. The van der Waals surface area contributed by atoms with Crippen molar-refractivity contribution in [2.45, 2.75) is 4.21 Å². The number of thiophene rings is 1. The number of nitrogens with one attached hydrogen (secondary N) is 3. The van der Waals surface area contributed by atoms with Gasteiger partial charge in [0.2, 0.25) is 0 Å². The Morgan fingerprint density at radius 2 is 1.90 bits per heavy atom. The van der Waals surface area contributed by atoms with E-state index in [-0.39, 0.29) is 21.1 Å². The summed E-state index contributed by atoms with van der Waals surface area (Å²) in [6, 6.07) is 13.6. The Balaban J connectivity index is 1.76. The third kappa shape index (κ3) is 5.24. The number of benzene rings is 2. The summed E-state index contributed by atoms with van der Waals surface area (Å²) in [5, 5.41) is 19.3. The standard InChI is InChI=1S/C19H17N5O5S2/c1-20-16-9-8-13(11-17(16)24(26)27)12-21-22-19(25)14-5-2-3-6-15(14)23-31(28,29)18-7-4-10-30-18/h2-12,20,23H,1H3,(H,22,25)/b21-12+. The molecule has 0 atom stereocenters. The molecule has 0 saturated heterocycles. The quantitative estimate of drug-likeness (QED) is 0.268. The van der Waals surface area contributed by atoms with Crippen LogP contribution in [0.4, 0.5) is 17.1 Å². The number of hydrogen-bond acceptors (Lipinski definition) is 8. The van der Waals surface area contributed by atoms with Crippen LogP contribution in [0.15, 0.2) is 69.3 Å². The van der Waals surface area contributed by atoms with E-state index in [1.165, 1.54) is 36.5 Å². The molecule has 3 rings (SSSR count). The van der Waals surface area contributed by atoms with Gasteiger partial charge in [-0.1, -0.05) is 24.3 Å². The lowest BCUT2D eigenvalue weighted by molar-refractivity contribution is -0.383. The second-order valence-corrected chi connectivity index (χ2v) is 8.92. The van der Waals surface area contributed by atoms with Gasteiger partial charge in [-0.25, -0.2) is 13.8 Å². The molecular weight excluding hydrogens is 442 g/mol. The molecule has 10 nitrogen and oxygen atoms in total. The van der Waals surface area contributed by atoms with Crippen LogP contribution in [-0.4, -0.2) is 32.5 Å². The summed E-state index contributed by atoms with van der Waals surface area (Å²) in [5.41, 5.74) is 3.07. The summed E-state index contributed by atoms with van der Waals surface area (Å²) in [6.07, 6.45) is 1.25. The van der Waals surface area contributed by atoms with E-state index in [1.807, 2.05) is 0 Å². The molecular formula is C19H17N5O5S2. The Morgan fingerprint density at radius 3 is 2.58 bits per heavy atom. The third-order valence-corrected chi connectivity index (χ3v) is 6.81. The molecule has 3 aromatic rings. The normalized spacial score (nSPS) is 11.3. The van der Waals surface area contributed by atoms with Crippen LogP contribution in [0.5, 0.6) is 0 Å². The molecule has 1 aromatic heterocycles. The molecule has 160 valence electrons. The van der Waals surface area contributed by atoms with Gasteiger partial charge in [-0.15, -0.1) is 11.3 Å². The molecule has 0 radical (unpaired) electrons. The van der Waals surface area contributed by atoms with Crippen molar-refractivity contribution in [2.24, 2.45) is 5.10 Å². The van der Waals surface area contributed by atoms with Crippen LogP contribution in [0.3, 0.4) is 0 Å². The predicted molar refractivity (Wildman–Crippen MR) is 119 cm³/mol. The van der Waals surface area contributed by atoms with Crippen LogP contribution in [0.25, 0.3) is 0 Å². The monoisotopic (exact) mass is 459 g/mol. The Bertz CT molecular complexity index is 1240. The van der Waals surface area contributed by atoms with Crippen LogP contribution in [0.2, 0.25) is 0 Å². The van der Waals surface area contributed by atoms with Crippen LogP contribution >= 0.6 is 11.3 Å². The lowest BCUT2D eigenvalue weighted by Gasteiger charge is -2.10. The van der Waals surface area contributed by atoms with Crippen molar-refractivity contribution in [3.63, 3.8) is 0 Å². The third-order valence-electron chi connectivity index (χ3n) is 4.04. The average Bonchev–Trinajstić information content (AvgIpc) is 3.29. The van der Waals surface area contributed by atoms with E-state index in [9.17, 15) is 23.3 Å². The molecule has 1 amide bonds. The van der Waals surface area contributed by atoms with Crippen LogP contribution in [0, 0.1) is 10.1 Å². The van der Waals surface area contributed by atoms with Gasteiger partial charge in [0, 0.05) is 18.7 Å². The highest BCUT2D eigenvalue weighted by atomic mass is 32.2. The maximum absolute atomic E-state index is 12.5. The summed E-state index contributed by atoms with van der Waals surface area (Å²) >= 11 is 1.05. The highest BCUT2D eigenvalue weighted by Crippen LogP contribution is 2.25. The molecule has 0 aliphatic carbocycles. The van der Waals surface area contributed by atoms with Crippen molar-refractivity contribution < 1.29 is 18.1 Å². The van der Waals surface area contributed by atoms with Crippen LogP contribution < -0.4 is 15.5 Å². The number of rotatable bonds is 8. The van der Waals surface area contributed by atoms with Gasteiger partial charge in [0.25, 0.3) is 21.6 Å². The smallest absolute Gasteiger partial charge is 0.292 e. The maximum Gasteiger partial charge on any atom is 0.292 e. The number of carbonyl (C=O) groups is 1. The first-order valence-electron chi connectivity index (χ1n) is 8.77. The highest BCUT2D eigenvalue weighted by molar-refractivity contribution is 7.94. The second kappa shape index (κ2) is 9.36. The first-order valence-corrected chi connectivity index (χ1v) is 11.1. The van der Waals surface area contributed by atoms with E-state index in [1.54, 1.807) is 36.7 Å². The Morgan fingerprint density at radius 1 is 1.13 bits per heavy atom. The van der Waals surface area contributed by atoms with Crippen LogP contribution in [0.1, 0.15) is 15.9 Å². The molecule has 0 saturated carbocycles. The first kappa shape index (κ1) is 21.9. The highest BCUT2D eigenvalue weighted by Gasteiger charge is 2.19. The molecule has 0 spiro atoms. The molecule has 1 heterocycles. The number of amides is 1. The summed E-state index contributed by atoms with van der Waals surface area (Å²) in [7, 11) is -2.26. The zero-order valence-electron chi connectivity index (χ0n) is 16.1. The average molecular weight is 460 g/mol. The van der Waals surface area contributed by atoms with Gasteiger partial charge in [-0.2, -0.15) is 5.10 Å². The van der Waals surface area contributed by atoms with Crippen LogP contribution in [-0.2, 0) is 10.0 Å². The van der Waals surface area contributed by atoms with Crippen molar-refractivity contribution in [1.82, 2.24) is 5.43 Å².